The zero-order valence-electron chi connectivity index (χ0n) is 23.4. The third kappa shape index (κ3) is 6.13. The van der Waals surface area contributed by atoms with Gasteiger partial charge in [-0.3, -0.25) is 14.7 Å². The van der Waals surface area contributed by atoms with Crippen LogP contribution in [0.25, 0.3) is 10.9 Å². The summed E-state index contributed by atoms with van der Waals surface area (Å²) in [6.07, 6.45) is 1.59. The number of benzene rings is 3. The Kier molecular flexibility index (Phi) is 8.41. The Labute approximate surface area is 240 Å². The summed E-state index contributed by atoms with van der Waals surface area (Å²) in [5.74, 6) is 1.55. The Morgan fingerprint density at radius 1 is 0.829 bits per heavy atom. The van der Waals surface area contributed by atoms with Crippen molar-refractivity contribution in [1.29, 1.82) is 0 Å². The largest absolute Gasteiger partial charge is 0.493 e. The van der Waals surface area contributed by atoms with Crippen LogP contribution in [0.15, 0.2) is 77.8 Å². The molecule has 1 fully saturated rings. The van der Waals surface area contributed by atoms with E-state index in [2.05, 4.69) is 9.88 Å². The van der Waals surface area contributed by atoms with E-state index in [1.165, 1.54) is 0 Å². The molecule has 0 N–H and O–H groups in total. The third-order valence-electron chi connectivity index (χ3n) is 7.28. The lowest BCUT2D eigenvalue weighted by Crippen LogP contribution is -2.48. The van der Waals surface area contributed by atoms with E-state index in [0.717, 1.165) is 24.0 Å². The highest BCUT2D eigenvalue weighted by Crippen LogP contribution is 2.38. The average Bonchev–Trinajstić information content (AvgIpc) is 3.00. The van der Waals surface area contributed by atoms with Gasteiger partial charge in [0.05, 0.1) is 37.5 Å². The number of carbonyl (C=O) groups is 1. The molecule has 0 spiro atoms. The highest BCUT2D eigenvalue weighted by atomic mass is 32.2. The van der Waals surface area contributed by atoms with E-state index in [0.29, 0.717) is 53.5 Å². The van der Waals surface area contributed by atoms with Crippen LogP contribution < -0.4 is 14.2 Å². The molecule has 10 heteroatoms. The van der Waals surface area contributed by atoms with Crippen molar-refractivity contribution in [3.05, 3.63) is 89.6 Å². The highest BCUT2D eigenvalue weighted by molar-refractivity contribution is 7.90. The predicted octanol–water partition coefficient (Wildman–Crippen LogP) is 4.19. The van der Waals surface area contributed by atoms with E-state index in [9.17, 15) is 13.2 Å². The minimum atomic E-state index is -3.62. The minimum Gasteiger partial charge on any atom is -0.493 e. The second kappa shape index (κ2) is 12.2. The number of hydrogen-bond acceptors (Lipinski definition) is 8. The van der Waals surface area contributed by atoms with E-state index in [1.54, 1.807) is 70.0 Å². The van der Waals surface area contributed by atoms with E-state index in [1.807, 2.05) is 29.2 Å². The van der Waals surface area contributed by atoms with E-state index < -0.39 is 9.84 Å². The number of amides is 1. The molecule has 3 aromatic carbocycles. The Hall–Kier alpha value is -4.15. The standard InChI is InChI=1S/C31H33N3O6S/c1-38-26-18-23(19-27(39-2)30(26)40-3)20-33-14-16-34(17-15-33)31(35)25-11-9-22(10-12-25)21-41(36,37)28-8-4-6-24-7-5-13-32-29(24)28/h4-13,18-19H,14-17,20-21H2,1-3H3. The average molecular weight is 576 g/mol. The van der Waals surface area contributed by atoms with E-state index in [4.69, 9.17) is 14.2 Å². The molecular formula is C31H33N3O6S. The molecule has 41 heavy (non-hydrogen) atoms. The van der Waals surface area contributed by atoms with Gasteiger partial charge in [0.2, 0.25) is 5.75 Å². The number of sulfone groups is 1. The second-order valence-electron chi connectivity index (χ2n) is 9.89. The van der Waals surface area contributed by atoms with Crippen molar-refractivity contribution in [3.8, 4) is 17.2 Å². The fourth-order valence-electron chi connectivity index (χ4n) is 5.14. The number of ether oxygens (including phenoxy) is 3. The van der Waals surface area contributed by atoms with Gasteiger partial charge in [0.1, 0.15) is 0 Å². The lowest BCUT2D eigenvalue weighted by Gasteiger charge is -2.35. The lowest BCUT2D eigenvalue weighted by molar-refractivity contribution is 0.0628. The van der Waals surface area contributed by atoms with Crippen LogP contribution >= 0.6 is 0 Å². The summed E-state index contributed by atoms with van der Waals surface area (Å²) < 4.78 is 42.8. The Bertz CT molecular complexity index is 1620. The van der Waals surface area contributed by atoms with Crippen LogP contribution in [0.3, 0.4) is 0 Å². The van der Waals surface area contributed by atoms with Crippen LogP contribution in [-0.4, -0.2) is 76.6 Å². The van der Waals surface area contributed by atoms with Crippen LogP contribution in [-0.2, 0) is 22.1 Å². The monoisotopic (exact) mass is 575 g/mol. The smallest absolute Gasteiger partial charge is 0.253 e. The fraction of sp³-hybridized carbons (Fsp3) is 0.290. The molecule has 0 bridgehead atoms. The summed E-state index contributed by atoms with van der Waals surface area (Å²) in [5, 5.41) is 0.776. The molecule has 0 aliphatic carbocycles. The Morgan fingerprint density at radius 3 is 2.12 bits per heavy atom. The van der Waals surface area contributed by atoms with Crippen LogP contribution in [0.1, 0.15) is 21.5 Å². The topological polar surface area (TPSA) is 98.3 Å². The fourth-order valence-corrected chi connectivity index (χ4v) is 6.68. The number of pyridine rings is 1. The molecule has 1 aliphatic heterocycles. The quantitative estimate of drug-likeness (QED) is 0.293. The summed E-state index contributed by atoms with van der Waals surface area (Å²) in [4.78, 5) is 21.8. The van der Waals surface area contributed by atoms with Gasteiger partial charge in [0, 0.05) is 49.9 Å². The molecule has 0 radical (unpaired) electrons. The van der Waals surface area contributed by atoms with Gasteiger partial charge in [-0.25, -0.2) is 8.42 Å². The number of fused-ring (bicyclic) bond motifs is 1. The maximum atomic E-state index is 13.2. The minimum absolute atomic E-state index is 0.0647. The maximum Gasteiger partial charge on any atom is 0.253 e. The third-order valence-corrected chi connectivity index (χ3v) is 8.99. The van der Waals surface area contributed by atoms with Crippen molar-refractivity contribution in [2.45, 2.75) is 17.2 Å². The van der Waals surface area contributed by atoms with Crippen LogP contribution in [0, 0.1) is 0 Å². The molecule has 9 nitrogen and oxygen atoms in total. The first kappa shape index (κ1) is 28.4. The molecule has 0 saturated carbocycles. The first-order chi connectivity index (χ1) is 19.8. The molecule has 1 aromatic heterocycles. The van der Waals surface area contributed by atoms with E-state index in [-0.39, 0.29) is 16.6 Å². The van der Waals surface area contributed by atoms with Crippen molar-refractivity contribution >= 4 is 26.6 Å². The molecule has 4 aromatic rings. The maximum absolute atomic E-state index is 13.2. The lowest BCUT2D eigenvalue weighted by atomic mass is 10.1. The zero-order chi connectivity index (χ0) is 29.0. The molecule has 5 rings (SSSR count). The molecule has 0 unspecified atom stereocenters. The summed E-state index contributed by atoms with van der Waals surface area (Å²) in [6, 6.07) is 19.5. The van der Waals surface area contributed by atoms with Gasteiger partial charge in [0.15, 0.2) is 21.3 Å². The van der Waals surface area contributed by atoms with Crippen molar-refractivity contribution in [2.24, 2.45) is 0 Å². The van der Waals surface area contributed by atoms with Crippen molar-refractivity contribution in [2.75, 3.05) is 47.5 Å². The first-order valence-electron chi connectivity index (χ1n) is 13.3. The van der Waals surface area contributed by atoms with Gasteiger partial charge in [-0.15, -0.1) is 0 Å². The number of piperazine rings is 1. The highest BCUT2D eigenvalue weighted by Gasteiger charge is 2.24. The SMILES string of the molecule is COc1cc(CN2CCN(C(=O)c3ccc(CS(=O)(=O)c4cccc5cccnc45)cc3)CC2)cc(OC)c1OC. The van der Waals surface area contributed by atoms with Crippen molar-refractivity contribution < 1.29 is 27.4 Å². The number of para-hydroxylation sites is 1. The molecular weight excluding hydrogens is 542 g/mol. The van der Waals surface area contributed by atoms with Crippen molar-refractivity contribution in [1.82, 2.24) is 14.8 Å². The van der Waals surface area contributed by atoms with Gasteiger partial charge in [0.25, 0.3) is 5.91 Å². The van der Waals surface area contributed by atoms with E-state index >= 15 is 0 Å². The van der Waals surface area contributed by atoms with Gasteiger partial charge < -0.3 is 19.1 Å². The molecule has 1 saturated heterocycles. The summed E-state index contributed by atoms with van der Waals surface area (Å²) >= 11 is 0. The predicted molar refractivity (Wildman–Crippen MR) is 156 cm³/mol. The normalized spacial score (nSPS) is 14.2. The van der Waals surface area contributed by atoms with Gasteiger partial charge >= 0.3 is 0 Å². The molecule has 214 valence electrons. The molecule has 0 atom stereocenters. The van der Waals surface area contributed by atoms with Crippen molar-refractivity contribution in [3.63, 3.8) is 0 Å². The Balaban J connectivity index is 1.20. The second-order valence-corrected chi connectivity index (χ2v) is 11.8. The van der Waals surface area contributed by atoms with Crippen LogP contribution in [0.5, 0.6) is 17.2 Å². The van der Waals surface area contributed by atoms with Crippen LogP contribution in [0.2, 0.25) is 0 Å². The number of hydrogen-bond donors (Lipinski definition) is 0. The summed E-state index contributed by atoms with van der Waals surface area (Å²) in [7, 11) is 1.15. The number of rotatable bonds is 9. The number of aromatic nitrogens is 1. The first-order valence-corrected chi connectivity index (χ1v) is 14.9. The Morgan fingerprint density at radius 2 is 1.49 bits per heavy atom. The zero-order valence-corrected chi connectivity index (χ0v) is 24.2. The van der Waals surface area contributed by atoms with Gasteiger partial charge in [-0.1, -0.05) is 30.3 Å². The molecule has 1 amide bonds. The summed E-state index contributed by atoms with van der Waals surface area (Å²) in [6.45, 7) is 3.31. The number of nitrogens with zero attached hydrogens (tertiary/aromatic N) is 3. The van der Waals surface area contributed by atoms with Crippen LogP contribution in [0.4, 0.5) is 0 Å². The molecule has 2 heterocycles. The van der Waals surface area contributed by atoms with Gasteiger partial charge in [-0.05, 0) is 47.5 Å². The number of carbonyl (C=O) groups excluding carboxylic acids is 1. The molecule has 1 aliphatic rings. The number of methoxy groups -OCH3 is 3. The van der Waals surface area contributed by atoms with Gasteiger partial charge in [-0.2, -0.15) is 0 Å². The summed E-state index contributed by atoms with van der Waals surface area (Å²) in [5.41, 5.74) is 2.65.